The van der Waals surface area contributed by atoms with Crippen LogP contribution in [0.5, 0.6) is 0 Å². The molecule has 6 atom stereocenters. The first kappa shape index (κ1) is 25.7. The molecule has 3 saturated carbocycles. The molecule has 0 amide bonds. The van der Waals surface area contributed by atoms with Gasteiger partial charge in [0, 0.05) is 38.2 Å². The first-order valence-corrected chi connectivity index (χ1v) is 15.5. The number of hydrogen-bond acceptors (Lipinski definition) is 4. The van der Waals surface area contributed by atoms with Gasteiger partial charge in [-0.15, -0.1) is 0 Å². The SMILES string of the molecule is C=C1CC[C@H]2[C@H](OC(C)=O)[C@@H]([C@@]3(C)CCC(=O)C[C@@H]3CO[Si](C)(C)C(C)(C)C)CC[C@]12C. The lowest BCUT2D eigenvalue weighted by atomic mass is 9.52. The van der Waals surface area contributed by atoms with Crippen LogP contribution in [0.1, 0.15) is 86.5 Å². The van der Waals surface area contributed by atoms with Gasteiger partial charge in [0.1, 0.15) is 11.9 Å². The summed E-state index contributed by atoms with van der Waals surface area (Å²) in [6.45, 7) is 22.6. The fraction of sp³-hybridized carbons (Fsp3) is 0.852. The summed E-state index contributed by atoms with van der Waals surface area (Å²) in [7, 11) is -1.92. The standard InChI is InChI=1S/C27H46O4Si/c1-18-10-11-22-24(31-19(2)28)23(13-15-26(18,22)6)27(7)14-12-21(29)16-20(27)17-30-32(8,9)25(3,4)5/h20,22-24H,1,10-17H2,2-9H3/t20-,22+,23+,24+,26-,27+/m1/s1. The van der Waals surface area contributed by atoms with E-state index in [1.54, 1.807) is 0 Å². The van der Waals surface area contributed by atoms with Crippen LogP contribution in [0, 0.1) is 28.6 Å². The minimum Gasteiger partial charge on any atom is -0.462 e. The highest BCUT2D eigenvalue weighted by Crippen LogP contribution is 2.62. The lowest BCUT2D eigenvalue weighted by Crippen LogP contribution is -2.55. The minimum absolute atomic E-state index is 0.0601. The van der Waals surface area contributed by atoms with Crippen LogP contribution >= 0.6 is 0 Å². The summed E-state index contributed by atoms with van der Waals surface area (Å²) in [5, 5.41) is 0.138. The van der Waals surface area contributed by atoms with Gasteiger partial charge in [-0.1, -0.05) is 46.8 Å². The number of carbonyl (C=O) groups excluding carboxylic acids is 2. The van der Waals surface area contributed by atoms with Crippen LogP contribution in [0.15, 0.2) is 12.2 Å². The molecule has 0 aromatic carbocycles. The Bertz CT molecular complexity index is 766. The number of ketones is 1. The second-order valence-corrected chi connectivity index (χ2v) is 17.7. The number of allylic oxidation sites excluding steroid dienone is 1. The van der Waals surface area contributed by atoms with Crippen LogP contribution in [0.4, 0.5) is 0 Å². The molecule has 32 heavy (non-hydrogen) atoms. The Balaban J connectivity index is 1.91. The second kappa shape index (κ2) is 8.68. The monoisotopic (exact) mass is 462 g/mol. The zero-order valence-electron chi connectivity index (χ0n) is 21.8. The predicted molar refractivity (Wildman–Crippen MR) is 132 cm³/mol. The maximum atomic E-state index is 12.6. The molecule has 0 unspecified atom stereocenters. The molecule has 0 N–H and O–H groups in total. The Morgan fingerprint density at radius 1 is 1.12 bits per heavy atom. The summed E-state index contributed by atoms with van der Waals surface area (Å²) in [6, 6.07) is 0. The van der Waals surface area contributed by atoms with E-state index in [2.05, 4.69) is 54.3 Å². The van der Waals surface area contributed by atoms with E-state index in [9.17, 15) is 9.59 Å². The van der Waals surface area contributed by atoms with Crippen molar-refractivity contribution >= 4 is 20.1 Å². The molecule has 0 aromatic rings. The summed E-state index contributed by atoms with van der Waals surface area (Å²) < 4.78 is 12.8. The third-order valence-electron chi connectivity index (χ3n) is 10.1. The van der Waals surface area contributed by atoms with Crippen LogP contribution in [-0.4, -0.2) is 32.8 Å². The van der Waals surface area contributed by atoms with Gasteiger partial charge in [-0.05, 0) is 67.0 Å². The van der Waals surface area contributed by atoms with Gasteiger partial charge in [-0.3, -0.25) is 9.59 Å². The Morgan fingerprint density at radius 2 is 1.78 bits per heavy atom. The van der Waals surface area contributed by atoms with Crippen LogP contribution in [0.3, 0.4) is 0 Å². The van der Waals surface area contributed by atoms with Crippen molar-refractivity contribution in [2.45, 2.75) is 111 Å². The number of fused-ring (bicyclic) bond motifs is 1. The number of Topliss-reactive ketones (excluding diaryl/α,β-unsaturated/α-hetero) is 1. The molecule has 0 bridgehead atoms. The maximum absolute atomic E-state index is 12.6. The molecule has 0 aliphatic heterocycles. The average Bonchev–Trinajstić information content (AvgIpc) is 2.97. The molecule has 3 fully saturated rings. The van der Waals surface area contributed by atoms with Crippen LogP contribution in [-0.2, 0) is 18.8 Å². The Kier molecular flexibility index (Phi) is 6.97. The van der Waals surface area contributed by atoms with Crippen LogP contribution in [0.25, 0.3) is 0 Å². The Morgan fingerprint density at radius 3 is 2.38 bits per heavy atom. The first-order chi connectivity index (χ1) is 14.6. The lowest BCUT2D eigenvalue weighted by molar-refractivity contribution is -0.173. The second-order valence-electron chi connectivity index (χ2n) is 12.9. The summed E-state index contributed by atoms with van der Waals surface area (Å²) >= 11 is 0. The number of ether oxygens (including phenoxy) is 1. The van der Waals surface area contributed by atoms with Crippen LogP contribution in [0.2, 0.25) is 18.1 Å². The highest BCUT2D eigenvalue weighted by Gasteiger charge is 2.58. The van der Waals surface area contributed by atoms with E-state index < -0.39 is 8.32 Å². The molecule has 0 heterocycles. The van der Waals surface area contributed by atoms with E-state index in [0.29, 0.717) is 31.1 Å². The number of hydrogen-bond donors (Lipinski definition) is 0. The number of carbonyl (C=O) groups is 2. The van der Waals surface area contributed by atoms with E-state index in [4.69, 9.17) is 9.16 Å². The number of esters is 1. The molecule has 5 heteroatoms. The fourth-order valence-electron chi connectivity index (χ4n) is 6.53. The molecule has 3 aliphatic carbocycles. The van der Waals surface area contributed by atoms with E-state index in [-0.39, 0.29) is 39.8 Å². The van der Waals surface area contributed by atoms with Gasteiger partial charge >= 0.3 is 5.97 Å². The van der Waals surface area contributed by atoms with Crippen molar-refractivity contribution in [3.63, 3.8) is 0 Å². The van der Waals surface area contributed by atoms with E-state index in [1.165, 1.54) is 12.5 Å². The molecule has 0 radical (unpaired) electrons. The Labute approximate surface area is 197 Å². The Hall–Kier alpha value is -0.943. The van der Waals surface area contributed by atoms with Crippen molar-refractivity contribution in [3.8, 4) is 0 Å². The third-order valence-corrected chi connectivity index (χ3v) is 14.6. The molecule has 4 nitrogen and oxygen atoms in total. The molecular formula is C27H46O4Si. The van der Waals surface area contributed by atoms with Gasteiger partial charge in [-0.25, -0.2) is 0 Å². The van der Waals surface area contributed by atoms with E-state index in [0.717, 1.165) is 32.1 Å². The zero-order chi connectivity index (χ0) is 24.1. The third kappa shape index (κ3) is 4.53. The molecular weight excluding hydrogens is 416 g/mol. The van der Waals surface area contributed by atoms with Gasteiger partial charge < -0.3 is 9.16 Å². The van der Waals surface area contributed by atoms with Crippen molar-refractivity contribution in [2.24, 2.45) is 28.6 Å². The molecule has 0 saturated heterocycles. The van der Waals surface area contributed by atoms with Gasteiger partial charge in [0.15, 0.2) is 8.32 Å². The van der Waals surface area contributed by atoms with E-state index in [1.807, 2.05) is 0 Å². The summed E-state index contributed by atoms with van der Waals surface area (Å²) in [6.07, 6.45) is 6.17. The summed E-state index contributed by atoms with van der Waals surface area (Å²) in [5.41, 5.74) is 1.31. The highest BCUT2D eigenvalue weighted by atomic mass is 28.4. The molecule has 3 rings (SSSR count). The lowest BCUT2D eigenvalue weighted by Gasteiger charge is -2.55. The summed E-state index contributed by atoms with van der Waals surface area (Å²) in [5.74, 6) is 0.928. The van der Waals surface area contributed by atoms with Gasteiger partial charge in [-0.2, -0.15) is 0 Å². The van der Waals surface area contributed by atoms with Crippen LogP contribution < -0.4 is 0 Å². The predicted octanol–water partition coefficient (Wildman–Crippen LogP) is 6.70. The minimum atomic E-state index is -1.92. The van der Waals surface area contributed by atoms with Crippen molar-refractivity contribution in [1.29, 1.82) is 0 Å². The summed E-state index contributed by atoms with van der Waals surface area (Å²) in [4.78, 5) is 24.8. The van der Waals surface area contributed by atoms with Gasteiger partial charge in [0.25, 0.3) is 0 Å². The zero-order valence-corrected chi connectivity index (χ0v) is 22.8. The maximum Gasteiger partial charge on any atom is 0.302 e. The average molecular weight is 463 g/mol. The van der Waals surface area contributed by atoms with Crippen molar-refractivity contribution in [1.82, 2.24) is 0 Å². The smallest absolute Gasteiger partial charge is 0.302 e. The fourth-order valence-corrected chi connectivity index (χ4v) is 7.58. The van der Waals surface area contributed by atoms with Crippen molar-refractivity contribution in [2.75, 3.05) is 6.61 Å². The molecule has 0 spiro atoms. The van der Waals surface area contributed by atoms with E-state index >= 15 is 0 Å². The largest absolute Gasteiger partial charge is 0.462 e. The highest BCUT2D eigenvalue weighted by molar-refractivity contribution is 6.74. The normalized spacial score (nSPS) is 38.5. The van der Waals surface area contributed by atoms with Crippen molar-refractivity contribution < 1.29 is 18.8 Å². The van der Waals surface area contributed by atoms with Crippen molar-refractivity contribution in [3.05, 3.63) is 12.2 Å². The van der Waals surface area contributed by atoms with Gasteiger partial charge in [0.05, 0.1) is 0 Å². The van der Waals surface area contributed by atoms with Gasteiger partial charge in [0.2, 0.25) is 0 Å². The molecule has 182 valence electrons. The first-order valence-electron chi connectivity index (χ1n) is 12.6. The molecule has 0 aromatic heterocycles. The number of rotatable bonds is 5. The molecule has 3 aliphatic rings. The topological polar surface area (TPSA) is 52.6 Å². The quantitative estimate of drug-likeness (QED) is 0.259.